The van der Waals surface area contributed by atoms with Gasteiger partial charge in [-0.05, 0) is 19.9 Å². The highest BCUT2D eigenvalue weighted by Gasteiger charge is 2.31. The second kappa shape index (κ2) is 6.95. The molecule has 0 aromatic rings. The first-order valence-electron chi connectivity index (χ1n) is 5.88. The SMILES string of the molecule is CNCC(=O)N[C@@H](C[C@@H]1CCNC1=O)C(=O)OC. The van der Waals surface area contributed by atoms with E-state index in [1.165, 1.54) is 7.11 Å². The lowest BCUT2D eigenvalue weighted by Crippen LogP contribution is -2.46. The van der Waals surface area contributed by atoms with Crippen molar-refractivity contribution in [1.29, 1.82) is 0 Å². The number of likely N-dealkylation sites (N-methyl/N-ethyl adjacent to an activating group) is 1. The van der Waals surface area contributed by atoms with Crippen LogP contribution in [0.25, 0.3) is 0 Å². The van der Waals surface area contributed by atoms with Gasteiger partial charge in [-0.15, -0.1) is 0 Å². The third kappa shape index (κ3) is 3.99. The van der Waals surface area contributed by atoms with Crippen molar-refractivity contribution in [2.75, 3.05) is 27.2 Å². The van der Waals surface area contributed by atoms with E-state index < -0.39 is 12.0 Å². The van der Waals surface area contributed by atoms with Crippen LogP contribution in [-0.2, 0) is 19.1 Å². The summed E-state index contributed by atoms with van der Waals surface area (Å²) in [5.74, 6) is -1.15. The van der Waals surface area contributed by atoms with Crippen LogP contribution in [0.3, 0.4) is 0 Å². The molecule has 2 atom stereocenters. The van der Waals surface area contributed by atoms with E-state index in [1.807, 2.05) is 0 Å². The van der Waals surface area contributed by atoms with Crippen LogP contribution in [0.1, 0.15) is 12.8 Å². The fraction of sp³-hybridized carbons (Fsp3) is 0.727. The second-order valence-corrected chi connectivity index (χ2v) is 4.19. The van der Waals surface area contributed by atoms with Gasteiger partial charge in [0, 0.05) is 12.5 Å². The third-order valence-electron chi connectivity index (χ3n) is 2.84. The number of rotatable bonds is 6. The monoisotopic (exact) mass is 257 g/mol. The average Bonchev–Trinajstić information content (AvgIpc) is 2.73. The van der Waals surface area contributed by atoms with Gasteiger partial charge in [0.1, 0.15) is 6.04 Å². The third-order valence-corrected chi connectivity index (χ3v) is 2.84. The van der Waals surface area contributed by atoms with Gasteiger partial charge in [-0.2, -0.15) is 0 Å². The smallest absolute Gasteiger partial charge is 0.328 e. The van der Waals surface area contributed by atoms with E-state index in [2.05, 4.69) is 20.7 Å². The normalized spacial score (nSPS) is 20.1. The van der Waals surface area contributed by atoms with Crippen LogP contribution in [0, 0.1) is 5.92 Å². The first kappa shape index (κ1) is 14.4. The van der Waals surface area contributed by atoms with Crippen molar-refractivity contribution in [2.24, 2.45) is 5.92 Å². The number of methoxy groups -OCH3 is 1. The average molecular weight is 257 g/mol. The Morgan fingerprint density at radius 1 is 1.56 bits per heavy atom. The highest BCUT2D eigenvalue weighted by molar-refractivity contribution is 5.87. The molecule has 7 heteroatoms. The Bertz CT molecular complexity index is 332. The summed E-state index contributed by atoms with van der Waals surface area (Å²) in [6.45, 7) is 0.728. The van der Waals surface area contributed by atoms with Gasteiger partial charge in [-0.3, -0.25) is 9.59 Å². The molecule has 0 aromatic heterocycles. The van der Waals surface area contributed by atoms with Crippen molar-refractivity contribution in [2.45, 2.75) is 18.9 Å². The van der Waals surface area contributed by atoms with E-state index in [-0.39, 0.29) is 30.7 Å². The number of ether oxygens (including phenoxy) is 1. The Hall–Kier alpha value is -1.63. The summed E-state index contributed by atoms with van der Waals surface area (Å²) in [4.78, 5) is 34.4. The molecule has 1 aliphatic heterocycles. The molecule has 0 radical (unpaired) electrons. The highest BCUT2D eigenvalue weighted by atomic mass is 16.5. The predicted octanol–water partition coefficient (Wildman–Crippen LogP) is -1.61. The highest BCUT2D eigenvalue weighted by Crippen LogP contribution is 2.16. The van der Waals surface area contributed by atoms with Gasteiger partial charge in [-0.1, -0.05) is 0 Å². The van der Waals surface area contributed by atoms with Crippen LogP contribution in [0.15, 0.2) is 0 Å². The first-order valence-corrected chi connectivity index (χ1v) is 5.88. The van der Waals surface area contributed by atoms with Crippen LogP contribution in [0.4, 0.5) is 0 Å². The van der Waals surface area contributed by atoms with Crippen LogP contribution >= 0.6 is 0 Å². The molecule has 3 N–H and O–H groups in total. The summed E-state index contributed by atoms with van der Waals surface area (Å²) in [5, 5.41) is 7.94. The molecule has 0 spiro atoms. The number of hydrogen-bond acceptors (Lipinski definition) is 5. The van der Waals surface area contributed by atoms with E-state index in [0.717, 1.165) is 0 Å². The lowest BCUT2D eigenvalue weighted by atomic mass is 9.98. The van der Waals surface area contributed by atoms with Crippen LogP contribution in [-0.4, -0.2) is 51.1 Å². The Morgan fingerprint density at radius 2 is 2.28 bits per heavy atom. The van der Waals surface area contributed by atoms with E-state index in [4.69, 9.17) is 0 Å². The predicted molar refractivity (Wildman–Crippen MR) is 63.6 cm³/mol. The fourth-order valence-electron chi connectivity index (χ4n) is 1.92. The van der Waals surface area contributed by atoms with Gasteiger partial charge in [0.15, 0.2) is 0 Å². The second-order valence-electron chi connectivity index (χ2n) is 4.19. The molecule has 0 saturated carbocycles. The largest absolute Gasteiger partial charge is 0.467 e. The lowest BCUT2D eigenvalue weighted by molar-refractivity contribution is -0.145. The fourth-order valence-corrected chi connectivity index (χ4v) is 1.92. The molecule has 102 valence electrons. The van der Waals surface area contributed by atoms with Crippen molar-refractivity contribution in [1.82, 2.24) is 16.0 Å². The van der Waals surface area contributed by atoms with Crippen molar-refractivity contribution < 1.29 is 19.1 Å². The molecule has 0 aliphatic carbocycles. The number of hydrogen-bond donors (Lipinski definition) is 3. The number of nitrogens with one attached hydrogen (secondary N) is 3. The van der Waals surface area contributed by atoms with Gasteiger partial charge in [0.2, 0.25) is 11.8 Å². The Labute approximate surface area is 106 Å². The van der Waals surface area contributed by atoms with Crippen LogP contribution < -0.4 is 16.0 Å². The minimum absolute atomic E-state index is 0.0771. The summed E-state index contributed by atoms with van der Waals surface area (Å²) in [7, 11) is 2.89. The van der Waals surface area contributed by atoms with Crippen LogP contribution in [0.5, 0.6) is 0 Å². The summed E-state index contributed by atoms with van der Waals surface area (Å²) >= 11 is 0. The van der Waals surface area contributed by atoms with Crippen molar-refractivity contribution in [3.05, 3.63) is 0 Å². The molecule has 18 heavy (non-hydrogen) atoms. The molecule has 1 fully saturated rings. The standard InChI is InChI=1S/C11H19N3O4/c1-12-6-9(15)14-8(11(17)18-2)5-7-3-4-13-10(7)16/h7-8,12H,3-6H2,1-2H3,(H,13,16)(H,14,15)/t7-,8-/m0/s1. The number of carbonyl (C=O) groups is 3. The van der Waals surface area contributed by atoms with E-state index >= 15 is 0 Å². The number of esters is 1. The zero-order chi connectivity index (χ0) is 13.5. The Kier molecular flexibility index (Phi) is 5.57. The maximum Gasteiger partial charge on any atom is 0.328 e. The Morgan fingerprint density at radius 3 is 2.78 bits per heavy atom. The van der Waals surface area contributed by atoms with Gasteiger partial charge >= 0.3 is 5.97 Å². The quantitative estimate of drug-likeness (QED) is 0.497. The molecule has 0 unspecified atom stereocenters. The van der Waals surface area contributed by atoms with Gasteiger partial charge < -0.3 is 20.7 Å². The molecule has 1 saturated heterocycles. The summed E-state index contributed by atoms with van der Waals surface area (Å²) in [5.41, 5.74) is 0. The minimum atomic E-state index is -0.773. The van der Waals surface area contributed by atoms with E-state index in [1.54, 1.807) is 7.05 Å². The van der Waals surface area contributed by atoms with E-state index in [0.29, 0.717) is 13.0 Å². The molecule has 1 heterocycles. The molecule has 7 nitrogen and oxygen atoms in total. The summed E-state index contributed by atoms with van der Waals surface area (Å²) < 4.78 is 4.63. The number of carbonyl (C=O) groups excluding carboxylic acids is 3. The molecule has 2 amide bonds. The maximum absolute atomic E-state index is 11.6. The zero-order valence-electron chi connectivity index (χ0n) is 10.6. The molecular weight excluding hydrogens is 238 g/mol. The molecule has 1 aliphatic rings. The van der Waals surface area contributed by atoms with Crippen molar-refractivity contribution in [3.8, 4) is 0 Å². The Balaban J connectivity index is 2.57. The molecule has 1 rings (SSSR count). The van der Waals surface area contributed by atoms with E-state index in [9.17, 15) is 14.4 Å². The summed E-state index contributed by atoms with van der Waals surface area (Å²) in [6, 6.07) is -0.773. The first-order chi connectivity index (χ1) is 8.58. The minimum Gasteiger partial charge on any atom is -0.467 e. The van der Waals surface area contributed by atoms with Gasteiger partial charge in [0.05, 0.1) is 13.7 Å². The van der Waals surface area contributed by atoms with Gasteiger partial charge in [0.25, 0.3) is 0 Å². The maximum atomic E-state index is 11.6. The zero-order valence-corrected chi connectivity index (χ0v) is 10.6. The summed E-state index contributed by atoms with van der Waals surface area (Å²) in [6.07, 6.45) is 0.947. The van der Waals surface area contributed by atoms with Crippen LogP contribution in [0.2, 0.25) is 0 Å². The number of amides is 2. The lowest BCUT2D eigenvalue weighted by Gasteiger charge is -2.18. The van der Waals surface area contributed by atoms with Crippen molar-refractivity contribution >= 4 is 17.8 Å². The van der Waals surface area contributed by atoms with Gasteiger partial charge in [-0.25, -0.2) is 4.79 Å². The molecule has 0 aromatic carbocycles. The molecule has 0 bridgehead atoms. The topological polar surface area (TPSA) is 96.5 Å². The molecular formula is C11H19N3O4. The van der Waals surface area contributed by atoms with Crippen molar-refractivity contribution in [3.63, 3.8) is 0 Å².